The lowest BCUT2D eigenvalue weighted by Crippen LogP contribution is -2.15. The quantitative estimate of drug-likeness (QED) is 0.666. The molecule has 0 aliphatic carbocycles. The second-order valence-corrected chi connectivity index (χ2v) is 9.68. The highest BCUT2D eigenvalue weighted by Crippen LogP contribution is 2.34. The van der Waals surface area contributed by atoms with E-state index in [0.29, 0.717) is 11.6 Å². The van der Waals surface area contributed by atoms with Crippen LogP contribution in [0, 0.1) is 6.92 Å². The highest BCUT2D eigenvalue weighted by atomic mass is 32.2. The van der Waals surface area contributed by atoms with Gasteiger partial charge in [-0.3, -0.25) is 10.1 Å². The van der Waals surface area contributed by atoms with Crippen LogP contribution in [0.3, 0.4) is 0 Å². The molecule has 0 saturated heterocycles. The number of rotatable bonds is 5. The van der Waals surface area contributed by atoms with Crippen LogP contribution in [-0.4, -0.2) is 32.4 Å². The minimum Gasteiger partial charge on any atom is -0.454 e. The van der Waals surface area contributed by atoms with Gasteiger partial charge in [-0.1, -0.05) is 18.2 Å². The fraction of sp³-hybridized carbons (Fsp3) is 0.200. The third-order valence-corrected chi connectivity index (χ3v) is 6.67. The summed E-state index contributed by atoms with van der Waals surface area (Å²) in [5.41, 5.74) is 1.95. The zero-order chi connectivity index (χ0) is 20.6. The minimum absolute atomic E-state index is 0.00800. The highest BCUT2D eigenvalue weighted by Gasteiger charge is 2.20. The molecule has 150 valence electrons. The summed E-state index contributed by atoms with van der Waals surface area (Å²) >= 11 is 1.36. The number of carbonyl (C=O) groups excluding carboxylic acids is 1. The van der Waals surface area contributed by atoms with Crippen LogP contribution in [0.1, 0.15) is 26.5 Å². The second kappa shape index (κ2) is 7.49. The Morgan fingerprint density at radius 2 is 1.93 bits per heavy atom. The number of aryl methyl sites for hydroxylation is 1. The van der Waals surface area contributed by atoms with Gasteiger partial charge in [-0.15, -0.1) is 11.3 Å². The Morgan fingerprint density at radius 1 is 1.17 bits per heavy atom. The van der Waals surface area contributed by atoms with E-state index in [1.165, 1.54) is 23.5 Å². The molecule has 0 radical (unpaired) electrons. The first-order valence-corrected chi connectivity index (χ1v) is 11.5. The van der Waals surface area contributed by atoms with Gasteiger partial charge in [0.25, 0.3) is 5.91 Å². The maximum atomic E-state index is 12.6. The summed E-state index contributed by atoms with van der Waals surface area (Å²) in [6.45, 7) is 2.10. The van der Waals surface area contributed by atoms with Gasteiger partial charge < -0.3 is 9.47 Å². The average molecular weight is 431 g/mol. The van der Waals surface area contributed by atoms with Crippen molar-refractivity contribution in [3.8, 4) is 11.5 Å². The number of aromatic nitrogens is 1. The Labute approximate surface area is 172 Å². The molecule has 1 aliphatic heterocycles. The van der Waals surface area contributed by atoms with Crippen molar-refractivity contribution in [3.05, 3.63) is 64.2 Å². The van der Waals surface area contributed by atoms with Gasteiger partial charge in [0.1, 0.15) is 0 Å². The second-order valence-electron chi connectivity index (χ2n) is 6.61. The zero-order valence-corrected chi connectivity index (χ0v) is 17.4. The van der Waals surface area contributed by atoms with Gasteiger partial charge in [0.2, 0.25) is 6.79 Å². The summed E-state index contributed by atoms with van der Waals surface area (Å²) in [7, 11) is -3.52. The van der Waals surface area contributed by atoms with Crippen LogP contribution < -0.4 is 14.8 Å². The number of hydrogen-bond acceptors (Lipinski definition) is 7. The molecule has 2 heterocycles. The molecule has 29 heavy (non-hydrogen) atoms. The lowest BCUT2D eigenvalue weighted by molar-refractivity contribution is 0.102. The lowest BCUT2D eigenvalue weighted by Gasteiger charge is -2.06. The standard InChI is InChI=1S/C20H18N2O5S2/c1-12-17(10-13-7-8-15-16(9-13)27-11-26-15)28-20(21-12)22-19(23)14-5-3-4-6-18(14)29(2,24)25/h3-9H,10-11H2,1-2H3,(H,21,22,23). The molecule has 0 saturated carbocycles. The SMILES string of the molecule is Cc1nc(NC(=O)c2ccccc2S(C)(=O)=O)sc1Cc1ccc2c(c1)OCO2. The molecule has 3 aromatic rings. The molecular formula is C20H18N2O5S2. The summed E-state index contributed by atoms with van der Waals surface area (Å²) in [5.74, 6) is 0.942. The van der Waals surface area contributed by atoms with Gasteiger partial charge in [0.15, 0.2) is 26.5 Å². The molecule has 0 atom stereocenters. The molecule has 9 heteroatoms. The van der Waals surface area contributed by atoms with Gasteiger partial charge in [-0.2, -0.15) is 0 Å². The molecule has 0 spiro atoms. The Morgan fingerprint density at radius 3 is 2.72 bits per heavy atom. The molecule has 1 aliphatic rings. The maximum absolute atomic E-state index is 12.6. The van der Waals surface area contributed by atoms with Crippen molar-refractivity contribution in [2.24, 2.45) is 0 Å². The molecule has 0 unspecified atom stereocenters. The largest absolute Gasteiger partial charge is 0.454 e. The smallest absolute Gasteiger partial charge is 0.258 e. The Bertz CT molecular complexity index is 1200. The predicted molar refractivity (Wildman–Crippen MR) is 110 cm³/mol. The van der Waals surface area contributed by atoms with E-state index < -0.39 is 15.7 Å². The van der Waals surface area contributed by atoms with Crippen molar-refractivity contribution >= 4 is 32.2 Å². The number of ether oxygens (including phenoxy) is 2. The summed E-state index contributed by atoms with van der Waals surface area (Å²) < 4.78 is 34.6. The van der Waals surface area contributed by atoms with Gasteiger partial charge >= 0.3 is 0 Å². The number of nitrogens with zero attached hydrogens (tertiary/aromatic N) is 1. The molecule has 0 bridgehead atoms. The summed E-state index contributed by atoms with van der Waals surface area (Å²) in [6.07, 6.45) is 1.71. The molecule has 2 aromatic carbocycles. The van der Waals surface area contributed by atoms with Crippen LogP contribution in [0.2, 0.25) is 0 Å². The third kappa shape index (κ3) is 4.10. The molecule has 1 N–H and O–H groups in total. The van der Waals surface area contributed by atoms with E-state index in [-0.39, 0.29) is 17.3 Å². The number of anilines is 1. The Balaban J connectivity index is 1.54. The van der Waals surface area contributed by atoms with E-state index in [9.17, 15) is 13.2 Å². The fourth-order valence-electron chi connectivity index (χ4n) is 3.02. The first-order valence-electron chi connectivity index (χ1n) is 8.76. The highest BCUT2D eigenvalue weighted by molar-refractivity contribution is 7.90. The maximum Gasteiger partial charge on any atom is 0.258 e. The molecule has 1 aromatic heterocycles. The van der Waals surface area contributed by atoms with Crippen LogP contribution in [0.15, 0.2) is 47.4 Å². The van der Waals surface area contributed by atoms with E-state index in [4.69, 9.17) is 9.47 Å². The van der Waals surface area contributed by atoms with Crippen LogP contribution >= 0.6 is 11.3 Å². The van der Waals surface area contributed by atoms with E-state index in [0.717, 1.165) is 33.9 Å². The fourth-order valence-corrected chi connectivity index (χ4v) is 4.90. The van der Waals surface area contributed by atoms with E-state index in [2.05, 4.69) is 10.3 Å². The van der Waals surface area contributed by atoms with Crippen LogP contribution in [0.5, 0.6) is 11.5 Å². The number of amides is 1. The molecule has 7 nitrogen and oxygen atoms in total. The number of thiazole rings is 1. The number of carbonyl (C=O) groups is 1. The minimum atomic E-state index is -3.52. The van der Waals surface area contributed by atoms with Gasteiger partial charge in [0, 0.05) is 17.6 Å². The Hall–Kier alpha value is -2.91. The zero-order valence-electron chi connectivity index (χ0n) is 15.8. The predicted octanol–water partition coefficient (Wildman–Crippen LogP) is 3.43. The van der Waals surface area contributed by atoms with Crippen molar-refractivity contribution in [2.75, 3.05) is 18.4 Å². The number of nitrogens with one attached hydrogen (secondary N) is 1. The van der Waals surface area contributed by atoms with Crippen LogP contribution in [-0.2, 0) is 16.3 Å². The number of fused-ring (bicyclic) bond motifs is 1. The average Bonchev–Trinajstić information content (AvgIpc) is 3.27. The van der Waals surface area contributed by atoms with Gasteiger partial charge in [0.05, 0.1) is 16.2 Å². The molecule has 0 fully saturated rings. The van der Waals surface area contributed by atoms with Crippen molar-refractivity contribution in [3.63, 3.8) is 0 Å². The van der Waals surface area contributed by atoms with Crippen LogP contribution in [0.25, 0.3) is 0 Å². The topological polar surface area (TPSA) is 94.6 Å². The summed E-state index contributed by atoms with van der Waals surface area (Å²) in [5, 5.41) is 3.14. The summed E-state index contributed by atoms with van der Waals surface area (Å²) in [4.78, 5) is 18.1. The van der Waals surface area contributed by atoms with Gasteiger partial charge in [-0.25, -0.2) is 13.4 Å². The number of hydrogen-bond donors (Lipinski definition) is 1. The van der Waals surface area contributed by atoms with E-state index in [1.807, 2.05) is 25.1 Å². The summed E-state index contributed by atoms with van der Waals surface area (Å²) in [6, 6.07) is 11.9. The lowest BCUT2D eigenvalue weighted by atomic mass is 10.1. The van der Waals surface area contributed by atoms with Crippen molar-refractivity contribution in [2.45, 2.75) is 18.2 Å². The monoisotopic (exact) mass is 430 g/mol. The van der Waals surface area contributed by atoms with Crippen molar-refractivity contribution in [1.29, 1.82) is 0 Å². The van der Waals surface area contributed by atoms with Gasteiger partial charge in [-0.05, 0) is 36.8 Å². The first-order chi connectivity index (χ1) is 13.8. The third-order valence-electron chi connectivity index (χ3n) is 4.45. The van der Waals surface area contributed by atoms with Crippen molar-refractivity contribution in [1.82, 2.24) is 4.98 Å². The van der Waals surface area contributed by atoms with E-state index >= 15 is 0 Å². The molecule has 1 amide bonds. The van der Waals surface area contributed by atoms with E-state index in [1.54, 1.807) is 12.1 Å². The number of sulfone groups is 1. The molecular weight excluding hydrogens is 412 g/mol. The molecule has 4 rings (SSSR count). The first kappa shape index (κ1) is 19.4. The van der Waals surface area contributed by atoms with Crippen LogP contribution in [0.4, 0.5) is 5.13 Å². The number of benzene rings is 2. The van der Waals surface area contributed by atoms with Crippen molar-refractivity contribution < 1.29 is 22.7 Å². The normalized spacial score (nSPS) is 12.8. The Kier molecular flexibility index (Phi) is 5.01.